The first-order valence-electron chi connectivity index (χ1n) is 3.50. The molecule has 0 atom stereocenters. The lowest BCUT2D eigenvalue weighted by atomic mass is 10.1. The summed E-state index contributed by atoms with van der Waals surface area (Å²) in [6.07, 6.45) is -10.1. The van der Waals surface area contributed by atoms with Gasteiger partial charge in [0.25, 0.3) is 0 Å². The van der Waals surface area contributed by atoms with Gasteiger partial charge >= 0.3 is 18.5 Å². The van der Waals surface area contributed by atoms with Crippen LogP contribution in [0.1, 0.15) is 13.8 Å². The summed E-state index contributed by atoms with van der Waals surface area (Å²) in [5.41, 5.74) is -2.54. The average molecular weight is 236 g/mol. The molecule has 0 saturated heterocycles. The summed E-state index contributed by atoms with van der Waals surface area (Å²) in [4.78, 5) is 10.5. The molecule has 0 aromatic heterocycles. The Kier molecular flexibility index (Phi) is 3.78. The molecular weight excluding hydrogens is 230 g/mol. The van der Waals surface area contributed by atoms with Crippen molar-refractivity contribution >= 4 is 5.97 Å². The van der Waals surface area contributed by atoms with Crippen LogP contribution in [0.15, 0.2) is 11.1 Å². The molecule has 0 aromatic rings. The van der Waals surface area contributed by atoms with Crippen LogP contribution in [0.2, 0.25) is 0 Å². The van der Waals surface area contributed by atoms with E-state index in [1.165, 1.54) is 0 Å². The molecule has 0 saturated carbocycles. The Labute approximate surface area is 80.5 Å². The second kappa shape index (κ2) is 4.11. The molecular formula is C7H6F6O2. The van der Waals surface area contributed by atoms with Crippen molar-refractivity contribution in [3.63, 3.8) is 0 Å². The summed E-state index contributed by atoms with van der Waals surface area (Å²) in [5, 5.41) is 0. The molecule has 8 heteroatoms. The number of alkyl halides is 6. The fourth-order valence-electron chi connectivity index (χ4n) is 0.547. The van der Waals surface area contributed by atoms with Crippen LogP contribution in [-0.4, -0.2) is 18.5 Å². The Morgan fingerprint density at radius 1 is 1.00 bits per heavy atom. The van der Waals surface area contributed by atoms with Gasteiger partial charge in [0.2, 0.25) is 0 Å². The quantitative estimate of drug-likeness (QED) is 0.397. The number of rotatable bonds is 1. The number of hydrogen-bond donors (Lipinski definition) is 0. The molecule has 15 heavy (non-hydrogen) atoms. The van der Waals surface area contributed by atoms with Gasteiger partial charge in [-0.2, -0.15) is 13.2 Å². The molecule has 0 aliphatic heterocycles. The topological polar surface area (TPSA) is 26.3 Å². The highest BCUT2D eigenvalue weighted by Gasteiger charge is 2.38. The van der Waals surface area contributed by atoms with Crippen LogP contribution in [0.25, 0.3) is 0 Å². The predicted octanol–water partition coefficient (Wildman–Crippen LogP) is 2.95. The second-order valence-corrected chi connectivity index (χ2v) is 2.58. The Hall–Kier alpha value is -1.21. The van der Waals surface area contributed by atoms with E-state index in [4.69, 9.17) is 0 Å². The standard InChI is InChI=1S/C7H6F6O2/c1-3(4(2)6(8,9)10)5(14)15-7(11,12)13/h1-2H3. The first kappa shape index (κ1) is 13.8. The summed E-state index contributed by atoms with van der Waals surface area (Å²) in [5.74, 6) is -2.06. The maximum absolute atomic E-state index is 11.9. The van der Waals surface area contributed by atoms with E-state index in [-0.39, 0.29) is 0 Å². The summed E-state index contributed by atoms with van der Waals surface area (Å²) in [7, 11) is 0. The lowest BCUT2D eigenvalue weighted by Gasteiger charge is -2.12. The van der Waals surface area contributed by atoms with Gasteiger partial charge in [0.05, 0.1) is 0 Å². The highest BCUT2D eigenvalue weighted by molar-refractivity contribution is 5.88. The fourth-order valence-corrected chi connectivity index (χ4v) is 0.547. The van der Waals surface area contributed by atoms with Crippen molar-refractivity contribution < 1.29 is 35.9 Å². The van der Waals surface area contributed by atoms with Gasteiger partial charge < -0.3 is 4.74 Å². The van der Waals surface area contributed by atoms with E-state index in [2.05, 4.69) is 4.74 Å². The number of hydrogen-bond acceptors (Lipinski definition) is 2. The minimum absolute atomic E-state index is 0.493. The molecule has 0 bridgehead atoms. The normalized spacial score (nSPS) is 14.7. The highest BCUT2D eigenvalue weighted by atomic mass is 19.4. The second-order valence-electron chi connectivity index (χ2n) is 2.58. The van der Waals surface area contributed by atoms with Crippen molar-refractivity contribution in [3.05, 3.63) is 11.1 Å². The first-order chi connectivity index (χ1) is 6.45. The number of halogens is 6. The third kappa shape index (κ3) is 4.71. The van der Waals surface area contributed by atoms with Crippen molar-refractivity contribution in [3.8, 4) is 0 Å². The Bertz CT molecular complexity index is 285. The lowest BCUT2D eigenvalue weighted by Crippen LogP contribution is -2.22. The average Bonchev–Trinajstić information content (AvgIpc) is 1.96. The fraction of sp³-hybridized carbons (Fsp3) is 0.571. The van der Waals surface area contributed by atoms with Gasteiger partial charge in [-0.05, 0) is 13.8 Å². The van der Waals surface area contributed by atoms with E-state index >= 15 is 0 Å². The molecule has 0 aliphatic carbocycles. The van der Waals surface area contributed by atoms with Crippen LogP contribution in [0.5, 0.6) is 0 Å². The maximum atomic E-state index is 11.9. The molecule has 0 N–H and O–H groups in total. The molecule has 0 amide bonds. The van der Waals surface area contributed by atoms with Crippen LogP contribution < -0.4 is 0 Å². The Balaban J connectivity index is 4.87. The SMILES string of the molecule is CC(C(=O)OC(F)(F)F)=C(C)C(F)(F)F. The number of ether oxygens (including phenoxy) is 1. The molecule has 0 aliphatic rings. The van der Waals surface area contributed by atoms with Gasteiger partial charge in [-0.15, -0.1) is 13.2 Å². The van der Waals surface area contributed by atoms with Crippen molar-refractivity contribution in [1.82, 2.24) is 0 Å². The number of carbonyl (C=O) groups excluding carboxylic acids is 1. The van der Waals surface area contributed by atoms with Crippen molar-refractivity contribution in [2.24, 2.45) is 0 Å². The number of esters is 1. The van der Waals surface area contributed by atoms with Crippen LogP contribution in [0.4, 0.5) is 26.3 Å². The molecule has 2 nitrogen and oxygen atoms in total. The van der Waals surface area contributed by atoms with E-state index in [1.54, 1.807) is 0 Å². The molecule has 0 fully saturated rings. The van der Waals surface area contributed by atoms with Crippen LogP contribution in [0.3, 0.4) is 0 Å². The lowest BCUT2D eigenvalue weighted by molar-refractivity contribution is -0.303. The minimum atomic E-state index is -5.29. The van der Waals surface area contributed by atoms with Gasteiger partial charge in [0, 0.05) is 11.1 Å². The van der Waals surface area contributed by atoms with Gasteiger partial charge in [0.1, 0.15) is 0 Å². The third-order valence-corrected chi connectivity index (χ3v) is 1.50. The van der Waals surface area contributed by atoms with Crippen molar-refractivity contribution in [2.45, 2.75) is 26.4 Å². The van der Waals surface area contributed by atoms with Gasteiger partial charge in [-0.25, -0.2) is 4.79 Å². The maximum Gasteiger partial charge on any atom is 0.575 e. The molecule has 0 radical (unpaired) electrons. The minimum Gasteiger partial charge on any atom is -0.369 e. The molecule has 0 rings (SSSR count). The van der Waals surface area contributed by atoms with E-state index < -0.39 is 29.7 Å². The molecule has 88 valence electrons. The summed E-state index contributed by atoms with van der Waals surface area (Å²) >= 11 is 0. The number of allylic oxidation sites excluding steroid dienone is 1. The third-order valence-electron chi connectivity index (χ3n) is 1.50. The van der Waals surface area contributed by atoms with Gasteiger partial charge in [-0.3, -0.25) is 0 Å². The monoisotopic (exact) mass is 236 g/mol. The largest absolute Gasteiger partial charge is 0.575 e. The smallest absolute Gasteiger partial charge is 0.369 e. The highest BCUT2D eigenvalue weighted by Crippen LogP contribution is 2.29. The summed E-state index contributed by atoms with van der Waals surface area (Å²) < 4.78 is 73.1. The van der Waals surface area contributed by atoms with E-state index in [1.807, 2.05) is 0 Å². The zero-order valence-electron chi connectivity index (χ0n) is 7.58. The molecule has 0 spiro atoms. The van der Waals surface area contributed by atoms with Crippen LogP contribution >= 0.6 is 0 Å². The zero-order valence-corrected chi connectivity index (χ0v) is 7.58. The predicted molar refractivity (Wildman–Crippen MR) is 36.6 cm³/mol. The Morgan fingerprint density at radius 2 is 1.40 bits per heavy atom. The van der Waals surface area contributed by atoms with Crippen molar-refractivity contribution in [2.75, 3.05) is 0 Å². The van der Waals surface area contributed by atoms with Crippen LogP contribution in [0, 0.1) is 0 Å². The van der Waals surface area contributed by atoms with E-state index in [9.17, 15) is 31.1 Å². The Morgan fingerprint density at radius 3 is 1.67 bits per heavy atom. The number of carbonyl (C=O) groups is 1. The molecule has 0 aromatic carbocycles. The van der Waals surface area contributed by atoms with Crippen molar-refractivity contribution in [1.29, 1.82) is 0 Å². The van der Waals surface area contributed by atoms with E-state index in [0.717, 1.165) is 0 Å². The summed E-state index contributed by atoms with van der Waals surface area (Å²) in [6.45, 7) is 1.10. The summed E-state index contributed by atoms with van der Waals surface area (Å²) in [6, 6.07) is 0. The molecule has 0 unspecified atom stereocenters. The zero-order chi connectivity index (χ0) is 12.4. The van der Waals surface area contributed by atoms with E-state index in [0.29, 0.717) is 13.8 Å². The van der Waals surface area contributed by atoms with Gasteiger partial charge in [0.15, 0.2) is 0 Å². The molecule has 0 heterocycles. The van der Waals surface area contributed by atoms with Gasteiger partial charge in [-0.1, -0.05) is 0 Å². The first-order valence-corrected chi connectivity index (χ1v) is 3.50. The van der Waals surface area contributed by atoms with Crippen LogP contribution in [-0.2, 0) is 9.53 Å².